The zero-order valence-corrected chi connectivity index (χ0v) is 24.6. The number of benzene rings is 2. The molecule has 1 aromatic heterocycles. The van der Waals surface area contributed by atoms with Gasteiger partial charge in [-0.3, -0.25) is 10.2 Å². The van der Waals surface area contributed by atoms with Crippen molar-refractivity contribution in [2.24, 2.45) is 0 Å². The lowest BCUT2D eigenvalue weighted by atomic mass is 9.77. The Bertz CT molecular complexity index is 1770. The highest BCUT2D eigenvalue weighted by Crippen LogP contribution is 2.50. The number of amides is 1. The first-order valence-electron chi connectivity index (χ1n) is 12.8. The monoisotopic (exact) mass is 616 g/mol. The van der Waals surface area contributed by atoms with E-state index in [-0.39, 0.29) is 34.8 Å². The van der Waals surface area contributed by atoms with Gasteiger partial charge in [0.1, 0.15) is 22.0 Å². The minimum atomic E-state index is -4.42. The van der Waals surface area contributed by atoms with Crippen molar-refractivity contribution in [1.82, 2.24) is 18.9 Å². The Morgan fingerprint density at radius 3 is 2.52 bits per heavy atom. The summed E-state index contributed by atoms with van der Waals surface area (Å²) in [5, 5.41) is 13.9. The number of hydrogen-bond acceptors (Lipinski definition) is 8. The Balaban J connectivity index is 1.57. The Kier molecular flexibility index (Phi) is 7.23. The van der Waals surface area contributed by atoms with Crippen molar-refractivity contribution in [1.29, 1.82) is 5.41 Å². The van der Waals surface area contributed by atoms with Gasteiger partial charge in [0.15, 0.2) is 0 Å². The lowest BCUT2D eigenvalue weighted by Gasteiger charge is -2.52. The highest BCUT2D eigenvalue weighted by Gasteiger charge is 2.67. The number of carbonyl (C=O) groups excluding carboxylic acids is 1. The van der Waals surface area contributed by atoms with Crippen LogP contribution in [0.15, 0.2) is 71.8 Å². The van der Waals surface area contributed by atoms with Crippen LogP contribution in [0.2, 0.25) is 0 Å². The lowest BCUT2D eigenvalue weighted by Crippen LogP contribution is -2.74. The van der Waals surface area contributed by atoms with Crippen molar-refractivity contribution in [2.75, 3.05) is 32.6 Å². The number of guanidine groups is 1. The Labute approximate surface area is 243 Å². The molecule has 1 amide bonds. The number of carbonyl (C=O) groups is 1. The van der Waals surface area contributed by atoms with Crippen molar-refractivity contribution < 1.29 is 30.8 Å². The molecule has 0 bridgehead atoms. The number of hydrogen-bond donors (Lipinski definition) is 3. The van der Waals surface area contributed by atoms with Crippen LogP contribution >= 0.6 is 0 Å². The largest absolute Gasteiger partial charge is 0.495 e. The van der Waals surface area contributed by atoms with Crippen molar-refractivity contribution in [2.45, 2.75) is 28.5 Å². The lowest BCUT2D eigenvalue weighted by molar-refractivity contribution is 0.102. The standard InChI is InChI=1S/C27H29FN6O6S2/c1-26(21-15-18(9-11-22(21)28)31-24(35)23-12-10-19(40-3)16-30-23)27(42(38,39)33(2)25(29)32-26)13-14-34(17-27)41(36,37)20-7-5-4-6-8-20/h4-12,15-16H,13-14,17H2,1-3H3,(H2,29,32)(H,31,35)/t26-,27-/m0/s1. The van der Waals surface area contributed by atoms with Crippen LogP contribution < -0.4 is 15.4 Å². The number of ether oxygens (including phenoxy) is 1. The first-order valence-corrected chi connectivity index (χ1v) is 15.7. The Morgan fingerprint density at radius 1 is 1.17 bits per heavy atom. The van der Waals surface area contributed by atoms with Crippen LogP contribution in [0, 0.1) is 11.2 Å². The molecule has 1 spiro atoms. The van der Waals surface area contributed by atoms with E-state index in [0.29, 0.717) is 5.75 Å². The van der Waals surface area contributed by atoms with E-state index in [1.165, 1.54) is 57.6 Å². The van der Waals surface area contributed by atoms with Crippen LogP contribution in [0.4, 0.5) is 10.1 Å². The summed E-state index contributed by atoms with van der Waals surface area (Å²) >= 11 is 0. The molecule has 3 heterocycles. The SMILES string of the molecule is COc1ccc(C(=O)Nc2ccc(F)c([C@]3(C)NC(=N)N(C)S(=O)(=O)[C@]34CCN(S(=O)(=O)c3ccccc3)C4)c2)nc1. The molecule has 42 heavy (non-hydrogen) atoms. The first-order chi connectivity index (χ1) is 19.8. The number of sulfonamides is 2. The molecule has 5 rings (SSSR count). The van der Waals surface area contributed by atoms with Gasteiger partial charge in [0.2, 0.25) is 26.0 Å². The summed E-state index contributed by atoms with van der Waals surface area (Å²) in [6.45, 7) is 0.773. The van der Waals surface area contributed by atoms with E-state index in [0.717, 1.165) is 14.7 Å². The molecular weight excluding hydrogens is 587 g/mol. The fourth-order valence-electron chi connectivity index (χ4n) is 5.51. The molecule has 2 aromatic carbocycles. The summed E-state index contributed by atoms with van der Waals surface area (Å²) in [5.41, 5.74) is -1.78. The maximum absolute atomic E-state index is 15.7. The van der Waals surface area contributed by atoms with Gasteiger partial charge in [0.05, 0.1) is 23.7 Å². The smallest absolute Gasteiger partial charge is 0.274 e. The van der Waals surface area contributed by atoms with E-state index in [1.54, 1.807) is 24.3 Å². The van der Waals surface area contributed by atoms with Crippen LogP contribution in [0.25, 0.3) is 0 Å². The normalized spacial score (nSPS) is 23.9. The molecule has 12 nitrogen and oxygen atoms in total. The summed E-state index contributed by atoms with van der Waals surface area (Å²) in [6, 6.07) is 14.3. The topological polar surface area (TPSA) is 162 Å². The number of nitrogens with one attached hydrogen (secondary N) is 3. The third-order valence-corrected chi connectivity index (χ3v) is 12.5. The maximum Gasteiger partial charge on any atom is 0.274 e. The van der Waals surface area contributed by atoms with Gasteiger partial charge in [0.25, 0.3) is 5.91 Å². The van der Waals surface area contributed by atoms with Gasteiger partial charge in [-0.25, -0.2) is 30.5 Å². The predicted molar refractivity (Wildman–Crippen MR) is 153 cm³/mol. The molecule has 0 radical (unpaired) electrons. The van der Waals surface area contributed by atoms with Crippen LogP contribution in [-0.4, -0.2) is 74.3 Å². The van der Waals surface area contributed by atoms with E-state index in [2.05, 4.69) is 15.6 Å². The predicted octanol–water partition coefficient (Wildman–Crippen LogP) is 2.33. The van der Waals surface area contributed by atoms with Gasteiger partial charge >= 0.3 is 0 Å². The van der Waals surface area contributed by atoms with Gasteiger partial charge in [-0.2, -0.15) is 4.31 Å². The number of rotatable bonds is 6. The second kappa shape index (κ2) is 10.3. The summed E-state index contributed by atoms with van der Waals surface area (Å²) in [4.78, 5) is 16.9. The number of anilines is 1. The molecule has 2 aliphatic heterocycles. The van der Waals surface area contributed by atoms with Crippen LogP contribution in [0.5, 0.6) is 5.75 Å². The summed E-state index contributed by atoms with van der Waals surface area (Å²) in [5.74, 6) is -1.47. The van der Waals surface area contributed by atoms with Gasteiger partial charge in [0, 0.05) is 31.4 Å². The van der Waals surface area contributed by atoms with Gasteiger partial charge in [-0.05, 0) is 55.8 Å². The van der Waals surface area contributed by atoms with Crippen LogP contribution in [-0.2, 0) is 25.6 Å². The molecule has 0 saturated carbocycles. The van der Waals surface area contributed by atoms with E-state index in [4.69, 9.17) is 10.1 Å². The Hall–Kier alpha value is -4.08. The third-order valence-electron chi connectivity index (χ3n) is 7.99. The van der Waals surface area contributed by atoms with E-state index >= 15 is 4.39 Å². The van der Waals surface area contributed by atoms with Crippen LogP contribution in [0.3, 0.4) is 0 Å². The van der Waals surface area contributed by atoms with Gasteiger partial charge < -0.3 is 15.4 Å². The number of aromatic nitrogens is 1. The third kappa shape index (κ3) is 4.48. The molecule has 3 N–H and O–H groups in total. The van der Waals surface area contributed by atoms with Gasteiger partial charge in [-0.15, -0.1) is 0 Å². The molecule has 2 saturated heterocycles. The summed E-state index contributed by atoms with van der Waals surface area (Å²) in [6.07, 6.45) is 1.18. The summed E-state index contributed by atoms with van der Waals surface area (Å²) < 4.78 is 75.8. The molecule has 222 valence electrons. The number of pyridine rings is 1. The average Bonchev–Trinajstić information content (AvgIpc) is 3.46. The zero-order chi connectivity index (χ0) is 30.5. The molecule has 15 heteroatoms. The fraction of sp³-hybridized carbons (Fsp3) is 0.296. The first kappa shape index (κ1) is 29.4. The average molecular weight is 617 g/mol. The van der Waals surface area contributed by atoms with Crippen molar-refractivity contribution in [3.63, 3.8) is 0 Å². The van der Waals surface area contributed by atoms with Crippen molar-refractivity contribution >= 4 is 37.6 Å². The number of nitrogens with zero attached hydrogens (tertiary/aromatic N) is 3. The second-order valence-electron chi connectivity index (χ2n) is 10.2. The molecule has 3 aromatic rings. The molecule has 0 unspecified atom stereocenters. The fourth-order valence-corrected chi connectivity index (χ4v) is 9.27. The van der Waals surface area contributed by atoms with Crippen molar-refractivity contribution in [3.8, 4) is 5.75 Å². The highest BCUT2D eigenvalue weighted by atomic mass is 32.2. The van der Waals surface area contributed by atoms with Crippen LogP contribution in [0.1, 0.15) is 29.4 Å². The van der Waals surface area contributed by atoms with Gasteiger partial charge in [-0.1, -0.05) is 18.2 Å². The maximum atomic E-state index is 15.7. The second-order valence-corrected chi connectivity index (χ2v) is 14.4. The Morgan fingerprint density at radius 2 is 1.88 bits per heavy atom. The number of halogens is 1. The minimum Gasteiger partial charge on any atom is -0.495 e. The highest BCUT2D eigenvalue weighted by molar-refractivity contribution is 7.91. The van der Waals surface area contributed by atoms with E-state index in [9.17, 15) is 21.6 Å². The van der Waals surface area contributed by atoms with E-state index < -0.39 is 54.6 Å². The van der Waals surface area contributed by atoms with Crippen molar-refractivity contribution in [3.05, 3.63) is 83.9 Å². The quantitative estimate of drug-likeness (QED) is 0.380. The molecule has 2 aliphatic rings. The molecule has 0 aliphatic carbocycles. The van der Waals surface area contributed by atoms with E-state index in [1.807, 2.05) is 0 Å². The minimum absolute atomic E-state index is 0.00551. The molecule has 2 atom stereocenters. The summed E-state index contributed by atoms with van der Waals surface area (Å²) in [7, 11) is -5.87. The molecule has 2 fully saturated rings. The molecular formula is C27H29FN6O6S2. The number of methoxy groups -OCH3 is 1. The zero-order valence-electron chi connectivity index (χ0n) is 23.0.